The molecule has 0 bridgehead atoms. The van der Waals surface area contributed by atoms with E-state index in [1.54, 1.807) is 6.07 Å². The molecule has 2 N–H and O–H groups in total. The molecule has 0 aliphatic rings. The van der Waals surface area contributed by atoms with Crippen molar-refractivity contribution in [3.05, 3.63) is 53.9 Å². The molecule has 0 spiro atoms. The van der Waals surface area contributed by atoms with E-state index in [1.807, 2.05) is 41.9 Å². The van der Waals surface area contributed by atoms with E-state index in [2.05, 4.69) is 23.5 Å². The van der Waals surface area contributed by atoms with Gasteiger partial charge in [0.05, 0.1) is 11.4 Å². The lowest BCUT2D eigenvalue weighted by Crippen LogP contribution is -2.11. The predicted octanol–water partition coefficient (Wildman–Crippen LogP) is 3.15. The first kappa shape index (κ1) is 13.6. The maximum atomic E-state index is 9.98. The maximum absolute atomic E-state index is 9.98. The van der Waals surface area contributed by atoms with E-state index in [4.69, 9.17) is 0 Å². The number of rotatable bonds is 4. The molecule has 1 heterocycles. The lowest BCUT2D eigenvalue weighted by molar-refractivity contribution is 0.481. The van der Waals surface area contributed by atoms with Gasteiger partial charge in [0.25, 0.3) is 0 Å². The summed E-state index contributed by atoms with van der Waals surface area (Å²) in [6.45, 7) is 5.87. The van der Waals surface area contributed by atoms with Crippen LogP contribution in [0.1, 0.15) is 18.2 Å². The monoisotopic (exact) mass is 281 g/mol. The maximum Gasteiger partial charge on any atom is 0.123 e. The van der Waals surface area contributed by atoms with Crippen LogP contribution in [0.5, 0.6) is 5.75 Å². The number of phenols is 1. The van der Waals surface area contributed by atoms with E-state index in [9.17, 15) is 5.11 Å². The van der Waals surface area contributed by atoms with Crippen molar-refractivity contribution in [3.63, 3.8) is 0 Å². The average Bonchev–Trinajstić information content (AvgIpc) is 2.86. The highest BCUT2D eigenvalue weighted by Gasteiger charge is 2.09. The van der Waals surface area contributed by atoms with Crippen molar-refractivity contribution in [2.75, 3.05) is 6.54 Å². The number of hydrogen-bond acceptors (Lipinski definition) is 3. The van der Waals surface area contributed by atoms with Gasteiger partial charge < -0.3 is 10.4 Å². The molecule has 108 valence electrons. The van der Waals surface area contributed by atoms with Crippen LogP contribution in [-0.2, 0) is 6.54 Å². The summed E-state index contributed by atoms with van der Waals surface area (Å²) in [5, 5.41) is 19.7. The Morgan fingerprint density at radius 3 is 2.71 bits per heavy atom. The minimum atomic E-state index is 0.297. The first-order chi connectivity index (χ1) is 10.2. The predicted molar refractivity (Wildman–Crippen MR) is 84.9 cm³/mol. The first-order valence-electron chi connectivity index (χ1n) is 7.17. The average molecular weight is 281 g/mol. The second-order valence-electron chi connectivity index (χ2n) is 5.11. The standard InChI is InChI=1S/C17H19N3O/c1-3-18-10-13-11-20(19-12(13)2)16-8-4-7-15-14(16)6-5-9-17(15)21/h4-9,11,18,21H,3,10H2,1-2H3. The van der Waals surface area contributed by atoms with Crippen molar-refractivity contribution < 1.29 is 5.11 Å². The summed E-state index contributed by atoms with van der Waals surface area (Å²) in [4.78, 5) is 0. The van der Waals surface area contributed by atoms with Gasteiger partial charge in [0.15, 0.2) is 0 Å². The van der Waals surface area contributed by atoms with E-state index in [0.717, 1.165) is 35.2 Å². The zero-order chi connectivity index (χ0) is 14.8. The summed E-state index contributed by atoms with van der Waals surface area (Å²) < 4.78 is 1.89. The molecular formula is C17H19N3O. The normalized spacial score (nSPS) is 11.1. The fourth-order valence-electron chi connectivity index (χ4n) is 2.53. The van der Waals surface area contributed by atoms with Crippen LogP contribution in [0, 0.1) is 6.92 Å². The van der Waals surface area contributed by atoms with Gasteiger partial charge in [0.2, 0.25) is 0 Å². The smallest absolute Gasteiger partial charge is 0.123 e. The molecule has 0 atom stereocenters. The van der Waals surface area contributed by atoms with Gasteiger partial charge in [0, 0.05) is 29.1 Å². The van der Waals surface area contributed by atoms with Gasteiger partial charge in [-0.2, -0.15) is 5.10 Å². The van der Waals surface area contributed by atoms with Crippen LogP contribution in [0.25, 0.3) is 16.5 Å². The number of aromatic hydroxyl groups is 1. The van der Waals surface area contributed by atoms with Crippen LogP contribution in [-0.4, -0.2) is 21.4 Å². The Hall–Kier alpha value is -2.33. The molecule has 0 aliphatic carbocycles. The largest absolute Gasteiger partial charge is 0.507 e. The fourth-order valence-corrected chi connectivity index (χ4v) is 2.53. The number of aromatic nitrogens is 2. The first-order valence-corrected chi connectivity index (χ1v) is 7.17. The molecule has 0 saturated heterocycles. The number of nitrogens with one attached hydrogen (secondary N) is 1. The van der Waals surface area contributed by atoms with E-state index < -0.39 is 0 Å². The lowest BCUT2D eigenvalue weighted by atomic mass is 10.1. The van der Waals surface area contributed by atoms with E-state index in [-0.39, 0.29) is 0 Å². The second kappa shape index (κ2) is 5.58. The molecule has 1 aromatic heterocycles. The summed E-state index contributed by atoms with van der Waals surface area (Å²) in [5.74, 6) is 0.297. The van der Waals surface area contributed by atoms with Crippen molar-refractivity contribution >= 4 is 10.8 Å². The number of phenolic OH excluding ortho intramolecular Hbond substituents is 1. The fraction of sp³-hybridized carbons (Fsp3) is 0.235. The molecule has 4 nitrogen and oxygen atoms in total. The number of nitrogens with zero attached hydrogens (tertiary/aromatic N) is 2. The SMILES string of the molecule is CCNCc1cn(-c2cccc3c(O)cccc23)nc1C. The van der Waals surface area contributed by atoms with Crippen molar-refractivity contribution in [2.45, 2.75) is 20.4 Å². The quantitative estimate of drug-likeness (QED) is 0.772. The molecule has 0 aliphatic heterocycles. The van der Waals surface area contributed by atoms with Crippen LogP contribution in [0.2, 0.25) is 0 Å². The van der Waals surface area contributed by atoms with Gasteiger partial charge in [0.1, 0.15) is 5.75 Å². The highest BCUT2D eigenvalue weighted by molar-refractivity contribution is 5.94. The van der Waals surface area contributed by atoms with E-state index in [1.165, 1.54) is 5.56 Å². The van der Waals surface area contributed by atoms with Crippen LogP contribution < -0.4 is 5.32 Å². The van der Waals surface area contributed by atoms with Crippen molar-refractivity contribution in [3.8, 4) is 11.4 Å². The lowest BCUT2D eigenvalue weighted by Gasteiger charge is -2.07. The molecule has 3 rings (SSSR count). The molecular weight excluding hydrogens is 262 g/mol. The Labute approximate surface area is 124 Å². The summed E-state index contributed by atoms with van der Waals surface area (Å²) in [7, 11) is 0. The van der Waals surface area contributed by atoms with Crippen LogP contribution in [0.4, 0.5) is 0 Å². The molecule has 0 amide bonds. The van der Waals surface area contributed by atoms with E-state index in [0.29, 0.717) is 5.75 Å². The molecule has 0 radical (unpaired) electrons. The van der Waals surface area contributed by atoms with Gasteiger partial charge in [-0.25, -0.2) is 4.68 Å². The molecule has 21 heavy (non-hydrogen) atoms. The molecule has 4 heteroatoms. The third-order valence-electron chi connectivity index (χ3n) is 3.69. The Morgan fingerprint density at radius 2 is 1.90 bits per heavy atom. The van der Waals surface area contributed by atoms with E-state index >= 15 is 0 Å². The zero-order valence-electron chi connectivity index (χ0n) is 12.3. The van der Waals surface area contributed by atoms with Crippen molar-refractivity contribution in [1.29, 1.82) is 0 Å². The zero-order valence-corrected chi connectivity index (χ0v) is 12.3. The van der Waals surface area contributed by atoms with Crippen LogP contribution in [0.3, 0.4) is 0 Å². The molecule has 3 aromatic rings. The molecule has 2 aromatic carbocycles. The Kier molecular flexibility index (Phi) is 3.62. The highest BCUT2D eigenvalue weighted by atomic mass is 16.3. The Bertz CT molecular complexity index is 777. The summed E-state index contributed by atoms with van der Waals surface area (Å²) in [6.07, 6.45) is 2.05. The van der Waals surface area contributed by atoms with Crippen molar-refractivity contribution in [1.82, 2.24) is 15.1 Å². The summed E-state index contributed by atoms with van der Waals surface area (Å²) in [5.41, 5.74) is 3.19. The summed E-state index contributed by atoms with van der Waals surface area (Å²) in [6, 6.07) is 11.5. The minimum Gasteiger partial charge on any atom is -0.507 e. The number of hydrogen-bond donors (Lipinski definition) is 2. The van der Waals surface area contributed by atoms with Gasteiger partial charge in [-0.05, 0) is 25.6 Å². The highest BCUT2D eigenvalue weighted by Crippen LogP contribution is 2.29. The van der Waals surface area contributed by atoms with Gasteiger partial charge >= 0.3 is 0 Å². The van der Waals surface area contributed by atoms with Gasteiger partial charge in [-0.1, -0.05) is 31.2 Å². The van der Waals surface area contributed by atoms with Gasteiger partial charge in [-0.15, -0.1) is 0 Å². The van der Waals surface area contributed by atoms with Gasteiger partial charge in [-0.3, -0.25) is 0 Å². The third-order valence-corrected chi connectivity index (χ3v) is 3.69. The topological polar surface area (TPSA) is 50.1 Å². The molecule has 0 fully saturated rings. The number of fused-ring (bicyclic) bond motifs is 1. The number of benzene rings is 2. The minimum absolute atomic E-state index is 0.297. The summed E-state index contributed by atoms with van der Waals surface area (Å²) >= 11 is 0. The Morgan fingerprint density at radius 1 is 1.14 bits per heavy atom. The second-order valence-corrected chi connectivity index (χ2v) is 5.11. The van der Waals surface area contributed by atoms with Crippen molar-refractivity contribution in [2.24, 2.45) is 0 Å². The van der Waals surface area contributed by atoms with Crippen LogP contribution >= 0.6 is 0 Å². The number of aryl methyl sites for hydroxylation is 1. The Balaban J connectivity index is 2.11. The van der Waals surface area contributed by atoms with Crippen LogP contribution in [0.15, 0.2) is 42.6 Å². The third kappa shape index (κ3) is 2.50. The molecule has 0 unspecified atom stereocenters. The molecule has 0 saturated carbocycles.